The Morgan fingerprint density at radius 1 is 1.55 bits per heavy atom. The first-order valence-corrected chi connectivity index (χ1v) is 8.67. The molecule has 1 unspecified atom stereocenters. The Balaban J connectivity index is 2.57. The van der Waals surface area contributed by atoms with E-state index in [1.807, 2.05) is 27.7 Å². The topological polar surface area (TPSA) is 77.8 Å². The van der Waals surface area contributed by atoms with E-state index in [2.05, 4.69) is 17.2 Å². The van der Waals surface area contributed by atoms with E-state index in [-0.39, 0.29) is 23.5 Å². The summed E-state index contributed by atoms with van der Waals surface area (Å²) in [6, 6.07) is 0. The second-order valence-electron chi connectivity index (χ2n) is 6.12. The summed E-state index contributed by atoms with van der Waals surface area (Å²) in [5.74, 6) is 1.14. The third kappa shape index (κ3) is 6.44. The Morgan fingerprint density at radius 2 is 2.14 bits per heavy atom. The van der Waals surface area contributed by atoms with Gasteiger partial charge in [-0.1, -0.05) is 6.92 Å². The molecule has 126 valence electrons. The molecule has 22 heavy (non-hydrogen) atoms. The molecular weight excluding hydrogens is 324 g/mol. The smallest absolute Gasteiger partial charge is 0.410 e. The molecule has 1 fully saturated rings. The fraction of sp³-hybridized carbons (Fsp3) is 0.786. The number of carbonyl (C=O) groups excluding carboxylic acids is 1. The molecular formula is C14H25ClN4O2S. The van der Waals surface area contributed by atoms with E-state index >= 15 is 0 Å². The first-order valence-electron chi connectivity index (χ1n) is 7.31. The number of carbonyl (C=O) groups is 1. The van der Waals surface area contributed by atoms with Crippen molar-refractivity contribution in [3.63, 3.8) is 0 Å². The van der Waals surface area contributed by atoms with Crippen molar-refractivity contribution in [2.45, 2.75) is 46.4 Å². The minimum atomic E-state index is -0.476. The van der Waals surface area contributed by atoms with Crippen molar-refractivity contribution in [2.75, 3.05) is 18.8 Å². The van der Waals surface area contributed by atoms with Gasteiger partial charge in [-0.15, -0.1) is 11.8 Å². The molecule has 1 heterocycles. The lowest BCUT2D eigenvalue weighted by molar-refractivity contribution is 0.00719. The largest absolute Gasteiger partial charge is 0.444 e. The number of nitrogens with zero attached hydrogens (tertiary/aromatic N) is 2. The number of likely N-dealkylation sites (tertiary alicyclic amines) is 1. The zero-order valence-corrected chi connectivity index (χ0v) is 15.3. The molecule has 0 spiro atoms. The maximum Gasteiger partial charge on any atom is 0.410 e. The van der Waals surface area contributed by atoms with Crippen molar-refractivity contribution < 1.29 is 9.53 Å². The van der Waals surface area contributed by atoms with Crippen molar-refractivity contribution in [3.8, 4) is 0 Å². The van der Waals surface area contributed by atoms with Crippen LogP contribution in [0.1, 0.15) is 34.6 Å². The number of hydrogen-bond acceptors (Lipinski definition) is 5. The van der Waals surface area contributed by atoms with Crippen molar-refractivity contribution in [3.05, 3.63) is 0 Å². The number of hydrogen-bond donors (Lipinski definition) is 2. The van der Waals surface area contributed by atoms with Gasteiger partial charge in [0.25, 0.3) is 0 Å². The molecule has 0 aromatic heterocycles. The minimum absolute atomic E-state index is 0.124. The number of thioether (sulfide) groups is 1. The molecule has 1 atom stereocenters. The van der Waals surface area contributed by atoms with E-state index in [4.69, 9.17) is 21.7 Å². The van der Waals surface area contributed by atoms with E-state index in [1.54, 1.807) is 16.7 Å². The van der Waals surface area contributed by atoms with Crippen molar-refractivity contribution in [2.24, 2.45) is 10.9 Å². The van der Waals surface area contributed by atoms with Crippen LogP contribution in [-0.2, 0) is 4.74 Å². The van der Waals surface area contributed by atoms with E-state index in [1.165, 1.54) is 0 Å². The number of aliphatic imine (C=N–C) groups is 1. The first-order chi connectivity index (χ1) is 10.1. The molecule has 1 saturated heterocycles. The van der Waals surface area contributed by atoms with Crippen LogP contribution in [0.4, 0.5) is 4.79 Å². The molecule has 0 aromatic rings. The molecule has 1 aliphatic heterocycles. The highest BCUT2D eigenvalue weighted by atomic mass is 35.5. The molecule has 2 N–H and O–H groups in total. The number of rotatable bonds is 4. The Morgan fingerprint density at radius 3 is 2.59 bits per heavy atom. The van der Waals surface area contributed by atoms with E-state index < -0.39 is 5.60 Å². The maximum atomic E-state index is 11.9. The summed E-state index contributed by atoms with van der Waals surface area (Å²) < 4.78 is 5.35. The molecule has 0 saturated carbocycles. The van der Waals surface area contributed by atoms with Gasteiger partial charge in [-0.2, -0.15) is 0 Å². The van der Waals surface area contributed by atoms with Crippen LogP contribution in [0.3, 0.4) is 0 Å². The lowest BCUT2D eigenvalue weighted by Gasteiger charge is -2.40. The average Bonchev–Trinajstić information content (AvgIpc) is 2.22. The molecule has 0 aliphatic carbocycles. The zero-order valence-electron chi connectivity index (χ0n) is 13.8. The van der Waals surface area contributed by atoms with E-state index in [0.29, 0.717) is 13.1 Å². The lowest BCUT2D eigenvalue weighted by Crippen LogP contribution is -2.54. The summed E-state index contributed by atoms with van der Waals surface area (Å²) >= 11 is 7.17. The van der Waals surface area contributed by atoms with Gasteiger partial charge in [0.2, 0.25) is 0 Å². The Bertz CT molecular complexity index is 445. The monoisotopic (exact) mass is 348 g/mol. The quantitative estimate of drug-likeness (QED) is 0.465. The van der Waals surface area contributed by atoms with Crippen LogP contribution in [0, 0.1) is 11.3 Å². The fourth-order valence-electron chi connectivity index (χ4n) is 1.93. The maximum absolute atomic E-state index is 11.9. The summed E-state index contributed by atoms with van der Waals surface area (Å²) in [5, 5.41) is 10.8. The molecule has 1 aliphatic rings. The zero-order chi connectivity index (χ0) is 16.9. The van der Waals surface area contributed by atoms with Gasteiger partial charge in [0.05, 0.1) is 5.04 Å². The average molecular weight is 349 g/mol. The minimum Gasteiger partial charge on any atom is -0.444 e. The molecule has 1 amide bonds. The summed E-state index contributed by atoms with van der Waals surface area (Å²) in [6.07, 6.45) is -0.534. The number of nitrogens with one attached hydrogen (secondary N) is 2. The lowest BCUT2D eigenvalue weighted by atomic mass is 10.0. The Kier molecular flexibility index (Phi) is 6.99. The molecule has 6 nitrogen and oxygen atoms in total. The predicted octanol–water partition coefficient (Wildman–Crippen LogP) is 3.11. The van der Waals surface area contributed by atoms with Gasteiger partial charge in [-0.25, -0.2) is 4.79 Å². The molecule has 1 rings (SSSR count). The van der Waals surface area contributed by atoms with Crippen molar-refractivity contribution >= 4 is 39.8 Å². The Hall–Kier alpha value is -0.950. The van der Waals surface area contributed by atoms with Crippen LogP contribution in [-0.4, -0.2) is 51.9 Å². The number of amides is 1. The number of halogens is 1. The Labute approximate surface area is 141 Å². The van der Waals surface area contributed by atoms with Gasteiger partial charge in [0, 0.05) is 19.0 Å². The molecule has 8 heteroatoms. The highest BCUT2D eigenvalue weighted by Crippen LogP contribution is 2.25. The summed E-state index contributed by atoms with van der Waals surface area (Å²) in [7, 11) is 0. The van der Waals surface area contributed by atoms with Crippen LogP contribution in [0.5, 0.6) is 0 Å². The summed E-state index contributed by atoms with van der Waals surface area (Å²) in [5.41, 5.74) is -0.476. The molecule has 0 bridgehead atoms. The van der Waals surface area contributed by atoms with Gasteiger partial charge < -0.3 is 15.0 Å². The predicted molar refractivity (Wildman–Crippen MR) is 93.0 cm³/mol. The van der Waals surface area contributed by atoms with Crippen LogP contribution in [0.25, 0.3) is 0 Å². The number of amidine groups is 1. The van der Waals surface area contributed by atoms with Gasteiger partial charge in [0.15, 0.2) is 5.29 Å². The highest BCUT2D eigenvalue weighted by Gasteiger charge is 2.36. The van der Waals surface area contributed by atoms with E-state index in [0.717, 1.165) is 10.8 Å². The number of ether oxygens (including phenoxy) is 1. The van der Waals surface area contributed by atoms with Gasteiger partial charge in [-0.05, 0) is 45.0 Å². The molecule has 0 aromatic carbocycles. The first kappa shape index (κ1) is 19.1. The summed E-state index contributed by atoms with van der Waals surface area (Å²) in [4.78, 5) is 18.2. The SMILES string of the molecule is CCSC(=NC(C)NC(=N)Cl)C1CN(C(=O)OC(C)(C)C)C1. The van der Waals surface area contributed by atoms with Gasteiger partial charge in [-0.3, -0.25) is 10.4 Å². The van der Waals surface area contributed by atoms with Crippen molar-refractivity contribution in [1.82, 2.24) is 10.2 Å². The second kappa shape index (κ2) is 8.06. The standard InChI is InChI=1S/C14H25ClN4O2S/c1-6-22-11(17-9(2)18-12(15)16)10-7-19(8-10)13(20)21-14(3,4)5/h9-10H,6-8H2,1-5H3,(H2,16,18). The fourth-order valence-corrected chi connectivity index (χ4v) is 3.00. The molecule has 0 radical (unpaired) electrons. The van der Waals surface area contributed by atoms with Gasteiger partial charge >= 0.3 is 6.09 Å². The van der Waals surface area contributed by atoms with Crippen LogP contribution in [0.15, 0.2) is 4.99 Å². The van der Waals surface area contributed by atoms with Gasteiger partial charge in [0.1, 0.15) is 11.8 Å². The van der Waals surface area contributed by atoms with Crippen LogP contribution >= 0.6 is 23.4 Å². The summed E-state index contributed by atoms with van der Waals surface area (Å²) in [6.45, 7) is 10.7. The van der Waals surface area contributed by atoms with Crippen molar-refractivity contribution in [1.29, 1.82) is 5.41 Å². The third-order valence-corrected chi connectivity index (χ3v) is 3.96. The van der Waals surface area contributed by atoms with Crippen LogP contribution < -0.4 is 5.32 Å². The van der Waals surface area contributed by atoms with E-state index in [9.17, 15) is 4.79 Å². The third-order valence-electron chi connectivity index (χ3n) is 2.83. The second-order valence-corrected chi connectivity index (χ2v) is 7.78. The van der Waals surface area contributed by atoms with Crippen LogP contribution in [0.2, 0.25) is 0 Å². The highest BCUT2D eigenvalue weighted by molar-refractivity contribution is 8.13. The normalized spacial score (nSPS) is 17.7.